The third-order valence-corrected chi connectivity index (χ3v) is 6.08. The summed E-state index contributed by atoms with van der Waals surface area (Å²) in [6.07, 6.45) is 0. The second-order valence-electron chi connectivity index (χ2n) is 7.62. The topological polar surface area (TPSA) is 113 Å². The van der Waals surface area contributed by atoms with Crippen molar-refractivity contribution in [3.8, 4) is 5.75 Å². The minimum Gasteiger partial charge on any atom is -0.465 e. The van der Waals surface area contributed by atoms with Gasteiger partial charge in [0.05, 0.1) is 19.3 Å². The molecule has 0 saturated heterocycles. The molecular formula is C23H25N3O6. The van der Waals surface area contributed by atoms with Crippen molar-refractivity contribution < 1.29 is 23.8 Å². The van der Waals surface area contributed by atoms with Crippen LogP contribution >= 0.6 is 0 Å². The van der Waals surface area contributed by atoms with Gasteiger partial charge in [0.1, 0.15) is 16.7 Å². The molecule has 2 aliphatic rings. The number of benzene rings is 1. The van der Waals surface area contributed by atoms with E-state index in [-0.39, 0.29) is 29.3 Å². The van der Waals surface area contributed by atoms with Crippen LogP contribution in [-0.4, -0.2) is 43.8 Å². The molecule has 1 spiro atoms. The van der Waals surface area contributed by atoms with Gasteiger partial charge >= 0.3 is 5.97 Å². The van der Waals surface area contributed by atoms with Gasteiger partial charge < -0.3 is 29.4 Å². The number of esters is 1. The number of aryl methyl sites for hydroxylation is 1. The predicted molar refractivity (Wildman–Crippen MR) is 116 cm³/mol. The maximum Gasteiger partial charge on any atom is 0.340 e. The smallest absolute Gasteiger partial charge is 0.340 e. The monoisotopic (exact) mass is 439 g/mol. The van der Waals surface area contributed by atoms with Crippen LogP contribution in [0.25, 0.3) is 0 Å². The summed E-state index contributed by atoms with van der Waals surface area (Å²) in [6, 6.07) is 8.71. The molecule has 3 heterocycles. The van der Waals surface area contributed by atoms with E-state index in [2.05, 4.69) is 0 Å². The Labute approximate surface area is 185 Å². The highest BCUT2D eigenvalue weighted by Gasteiger charge is 2.62. The van der Waals surface area contributed by atoms with E-state index in [0.717, 1.165) is 0 Å². The summed E-state index contributed by atoms with van der Waals surface area (Å²) >= 11 is 0. The number of methoxy groups -OCH3 is 2. The Morgan fingerprint density at radius 1 is 1.22 bits per heavy atom. The summed E-state index contributed by atoms with van der Waals surface area (Å²) in [6.45, 7) is 4.48. The van der Waals surface area contributed by atoms with Crippen LogP contribution in [0.5, 0.6) is 5.75 Å². The van der Waals surface area contributed by atoms with Gasteiger partial charge in [-0.3, -0.25) is 9.59 Å². The highest BCUT2D eigenvalue weighted by Crippen LogP contribution is 2.54. The second kappa shape index (κ2) is 7.83. The zero-order chi connectivity index (χ0) is 23.2. The van der Waals surface area contributed by atoms with Gasteiger partial charge in [0.2, 0.25) is 11.8 Å². The van der Waals surface area contributed by atoms with Crippen LogP contribution < -0.4 is 20.9 Å². The van der Waals surface area contributed by atoms with Crippen molar-refractivity contribution >= 4 is 17.6 Å². The Bertz CT molecular complexity index is 1210. The van der Waals surface area contributed by atoms with Crippen molar-refractivity contribution in [2.45, 2.75) is 25.8 Å². The Morgan fingerprint density at radius 2 is 1.94 bits per heavy atom. The molecule has 2 aromatic rings. The van der Waals surface area contributed by atoms with Gasteiger partial charge in [-0.1, -0.05) is 18.2 Å². The largest absolute Gasteiger partial charge is 0.465 e. The number of para-hydroxylation sites is 1. The third-order valence-electron chi connectivity index (χ3n) is 6.08. The molecule has 2 aliphatic heterocycles. The molecule has 1 atom stereocenters. The van der Waals surface area contributed by atoms with Crippen LogP contribution in [0.4, 0.5) is 5.69 Å². The number of nitrogens with two attached hydrogens (primary N) is 1. The number of ether oxygens (including phenoxy) is 3. The zero-order valence-corrected chi connectivity index (χ0v) is 18.4. The second-order valence-corrected chi connectivity index (χ2v) is 7.62. The fourth-order valence-electron chi connectivity index (χ4n) is 4.71. The Kier molecular flexibility index (Phi) is 5.29. The van der Waals surface area contributed by atoms with E-state index in [9.17, 15) is 14.4 Å². The van der Waals surface area contributed by atoms with Crippen molar-refractivity contribution in [2.24, 2.45) is 5.73 Å². The molecule has 0 bridgehead atoms. The van der Waals surface area contributed by atoms with Crippen molar-refractivity contribution in [3.05, 3.63) is 69.0 Å². The summed E-state index contributed by atoms with van der Waals surface area (Å²) < 4.78 is 17.4. The number of hydrogen-bond donors (Lipinski definition) is 1. The molecular weight excluding hydrogens is 414 g/mol. The number of carbonyl (C=O) groups is 2. The van der Waals surface area contributed by atoms with Gasteiger partial charge in [-0.05, 0) is 19.9 Å². The van der Waals surface area contributed by atoms with Crippen LogP contribution in [-0.2, 0) is 31.0 Å². The lowest BCUT2D eigenvalue weighted by Gasteiger charge is -2.35. The first-order chi connectivity index (χ1) is 15.3. The van der Waals surface area contributed by atoms with E-state index in [1.54, 1.807) is 42.2 Å². The SMILES string of the molecule is CCN1C(=O)[C@@]2(C(C(=O)OC)=C(N)Oc3cc(C)n(CCOC)c(=O)c32)c2ccccc21. The number of pyridine rings is 1. The standard InChI is InChI=1S/C23H25N3O6/c1-5-25-15-9-7-6-8-14(15)23(22(25)29)17-16(32-19(24)18(23)21(28)31-4)12-13(2)26(20(17)27)10-11-30-3/h6-9,12H,5,10-11,24H2,1-4H3/t23-/m0/s1. The van der Waals surface area contributed by atoms with Crippen molar-refractivity contribution in [3.63, 3.8) is 0 Å². The zero-order valence-electron chi connectivity index (χ0n) is 18.4. The fourth-order valence-corrected chi connectivity index (χ4v) is 4.71. The van der Waals surface area contributed by atoms with E-state index in [1.807, 2.05) is 6.92 Å². The molecule has 168 valence electrons. The number of anilines is 1. The number of rotatable bonds is 5. The molecule has 2 N–H and O–H groups in total. The molecule has 0 fully saturated rings. The van der Waals surface area contributed by atoms with E-state index >= 15 is 0 Å². The number of amides is 1. The van der Waals surface area contributed by atoms with Gasteiger partial charge in [0.15, 0.2) is 0 Å². The summed E-state index contributed by atoms with van der Waals surface area (Å²) in [5, 5.41) is 0. The average molecular weight is 439 g/mol. The minimum absolute atomic E-state index is 0.0437. The Balaban J connectivity index is 2.17. The lowest BCUT2D eigenvalue weighted by molar-refractivity contribution is -0.138. The van der Waals surface area contributed by atoms with Gasteiger partial charge in [-0.2, -0.15) is 0 Å². The van der Waals surface area contributed by atoms with Crippen LogP contribution in [0.15, 0.2) is 46.6 Å². The quantitative estimate of drug-likeness (QED) is 0.697. The maximum absolute atomic E-state index is 14.1. The maximum atomic E-state index is 14.1. The molecule has 1 amide bonds. The predicted octanol–water partition coefficient (Wildman–Crippen LogP) is 1.19. The molecule has 0 aliphatic carbocycles. The van der Waals surface area contributed by atoms with Crippen LogP contribution in [0, 0.1) is 6.92 Å². The van der Waals surface area contributed by atoms with Crippen molar-refractivity contribution in [1.29, 1.82) is 0 Å². The van der Waals surface area contributed by atoms with E-state index < -0.39 is 22.9 Å². The Hall–Kier alpha value is -3.59. The fraction of sp³-hybridized carbons (Fsp3) is 0.348. The lowest BCUT2D eigenvalue weighted by Crippen LogP contribution is -2.52. The molecule has 9 nitrogen and oxygen atoms in total. The van der Waals surface area contributed by atoms with E-state index in [4.69, 9.17) is 19.9 Å². The molecule has 32 heavy (non-hydrogen) atoms. The van der Waals surface area contributed by atoms with Crippen molar-refractivity contribution in [1.82, 2.24) is 4.57 Å². The van der Waals surface area contributed by atoms with Gasteiger partial charge in [-0.25, -0.2) is 4.79 Å². The first-order valence-electron chi connectivity index (χ1n) is 10.3. The molecule has 0 radical (unpaired) electrons. The summed E-state index contributed by atoms with van der Waals surface area (Å²) in [5.74, 6) is -1.41. The highest BCUT2D eigenvalue weighted by atomic mass is 16.5. The molecule has 0 unspecified atom stereocenters. The van der Waals surface area contributed by atoms with Crippen LogP contribution in [0.3, 0.4) is 0 Å². The average Bonchev–Trinajstić information content (AvgIpc) is 3.01. The normalized spacial score (nSPS) is 19.1. The van der Waals surface area contributed by atoms with E-state index in [1.165, 1.54) is 18.8 Å². The molecule has 1 aromatic heterocycles. The van der Waals surface area contributed by atoms with Crippen LogP contribution in [0.1, 0.15) is 23.7 Å². The number of hydrogen-bond acceptors (Lipinski definition) is 7. The number of nitrogens with zero attached hydrogens (tertiary/aromatic N) is 2. The molecule has 9 heteroatoms. The molecule has 0 saturated carbocycles. The minimum atomic E-state index is -1.78. The van der Waals surface area contributed by atoms with Gasteiger partial charge in [-0.15, -0.1) is 0 Å². The first kappa shape index (κ1) is 21.6. The van der Waals surface area contributed by atoms with Crippen LogP contribution in [0.2, 0.25) is 0 Å². The van der Waals surface area contributed by atoms with Gasteiger partial charge in [0.25, 0.3) is 5.56 Å². The van der Waals surface area contributed by atoms with E-state index in [0.29, 0.717) is 30.1 Å². The third kappa shape index (κ3) is 2.70. The summed E-state index contributed by atoms with van der Waals surface area (Å²) in [7, 11) is 2.73. The molecule has 4 rings (SSSR count). The van der Waals surface area contributed by atoms with Crippen molar-refractivity contribution in [2.75, 3.05) is 32.3 Å². The number of likely N-dealkylation sites (N-methyl/N-ethyl adjacent to an activating group) is 1. The number of aromatic nitrogens is 1. The lowest BCUT2D eigenvalue weighted by atomic mass is 9.68. The summed E-state index contributed by atoms with van der Waals surface area (Å²) in [4.78, 5) is 42.5. The number of carbonyl (C=O) groups excluding carboxylic acids is 2. The summed E-state index contributed by atoms with van der Waals surface area (Å²) in [5.41, 5.74) is 5.52. The van der Waals surface area contributed by atoms with Gasteiger partial charge in [0, 0.05) is 43.2 Å². The Morgan fingerprint density at radius 3 is 2.59 bits per heavy atom. The highest BCUT2D eigenvalue weighted by molar-refractivity contribution is 6.18. The number of fused-ring (bicyclic) bond motifs is 4. The molecule has 1 aromatic carbocycles. The first-order valence-corrected chi connectivity index (χ1v) is 10.3.